The van der Waals surface area contributed by atoms with Gasteiger partial charge in [-0.25, -0.2) is 0 Å². The Bertz CT molecular complexity index is 306. The summed E-state index contributed by atoms with van der Waals surface area (Å²) in [6.45, 7) is 10.2. The highest BCUT2D eigenvalue weighted by molar-refractivity contribution is 6.55. The summed E-state index contributed by atoms with van der Waals surface area (Å²) in [6, 6.07) is 1.70. The van der Waals surface area contributed by atoms with Crippen molar-refractivity contribution in [2.24, 2.45) is 0 Å². The topological polar surface area (TPSA) is 61.2 Å². The SMILES string of the molecule is CC(CCNC(=O)C(=O)NCCC[SiH](C)C)N1CC1. The maximum atomic E-state index is 11.5. The normalized spacial score (nSPS) is 16.2. The zero-order valence-electron chi connectivity index (χ0n) is 12.4. The summed E-state index contributed by atoms with van der Waals surface area (Å²) < 4.78 is 0. The molecule has 1 heterocycles. The van der Waals surface area contributed by atoms with Crippen LogP contribution in [0.2, 0.25) is 19.1 Å². The molecule has 2 N–H and O–H groups in total. The molecule has 1 saturated heterocycles. The molecule has 0 bridgehead atoms. The third-order valence-electron chi connectivity index (χ3n) is 3.40. The first kappa shape index (κ1) is 16.2. The maximum Gasteiger partial charge on any atom is 0.309 e. The second kappa shape index (κ2) is 8.32. The van der Waals surface area contributed by atoms with Crippen molar-refractivity contribution >= 4 is 20.6 Å². The fourth-order valence-corrected chi connectivity index (χ4v) is 2.97. The number of carbonyl (C=O) groups excluding carboxylic acids is 2. The van der Waals surface area contributed by atoms with E-state index in [0.717, 1.165) is 25.9 Å². The van der Waals surface area contributed by atoms with Crippen LogP contribution in [-0.2, 0) is 9.59 Å². The molecule has 19 heavy (non-hydrogen) atoms. The first-order valence-electron chi connectivity index (χ1n) is 7.30. The second-order valence-electron chi connectivity index (χ2n) is 5.72. The van der Waals surface area contributed by atoms with Crippen molar-refractivity contribution in [3.8, 4) is 0 Å². The van der Waals surface area contributed by atoms with Crippen molar-refractivity contribution in [1.82, 2.24) is 15.5 Å². The monoisotopic (exact) mass is 285 g/mol. The van der Waals surface area contributed by atoms with Crippen LogP contribution in [0.3, 0.4) is 0 Å². The van der Waals surface area contributed by atoms with Gasteiger partial charge in [-0.3, -0.25) is 14.5 Å². The summed E-state index contributed by atoms with van der Waals surface area (Å²) in [5.41, 5.74) is 0. The van der Waals surface area contributed by atoms with Gasteiger partial charge in [0.1, 0.15) is 0 Å². The molecular weight excluding hydrogens is 258 g/mol. The maximum absolute atomic E-state index is 11.5. The van der Waals surface area contributed by atoms with Crippen molar-refractivity contribution in [1.29, 1.82) is 0 Å². The van der Waals surface area contributed by atoms with Crippen LogP contribution in [0, 0.1) is 0 Å². The van der Waals surface area contributed by atoms with E-state index < -0.39 is 20.6 Å². The Labute approximate surface area is 117 Å². The zero-order valence-corrected chi connectivity index (χ0v) is 13.5. The summed E-state index contributed by atoms with van der Waals surface area (Å²) in [5.74, 6) is -0.996. The van der Waals surface area contributed by atoms with Crippen molar-refractivity contribution < 1.29 is 9.59 Å². The molecule has 1 aliphatic rings. The molecule has 6 heteroatoms. The van der Waals surface area contributed by atoms with Gasteiger partial charge in [-0.05, 0) is 19.8 Å². The third-order valence-corrected chi connectivity index (χ3v) is 4.97. The van der Waals surface area contributed by atoms with Gasteiger partial charge in [0.15, 0.2) is 0 Å². The Morgan fingerprint density at radius 3 is 2.26 bits per heavy atom. The summed E-state index contributed by atoms with van der Waals surface area (Å²) in [4.78, 5) is 25.3. The van der Waals surface area contributed by atoms with E-state index in [9.17, 15) is 9.59 Å². The minimum atomic E-state index is -0.548. The van der Waals surface area contributed by atoms with E-state index in [1.807, 2.05) is 0 Å². The molecule has 0 saturated carbocycles. The van der Waals surface area contributed by atoms with E-state index in [2.05, 4.69) is 35.6 Å². The van der Waals surface area contributed by atoms with Crippen LogP contribution in [-0.4, -0.2) is 57.7 Å². The van der Waals surface area contributed by atoms with E-state index >= 15 is 0 Å². The van der Waals surface area contributed by atoms with Gasteiger partial charge in [0.05, 0.1) is 0 Å². The molecule has 1 atom stereocenters. The van der Waals surface area contributed by atoms with Crippen LogP contribution in [0.1, 0.15) is 19.8 Å². The van der Waals surface area contributed by atoms with Crippen molar-refractivity contribution in [3.05, 3.63) is 0 Å². The highest BCUT2D eigenvalue weighted by Crippen LogP contribution is 2.11. The predicted molar refractivity (Wildman–Crippen MR) is 80.0 cm³/mol. The van der Waals surface area contributed by atoms with Crippen LogP contribution in [0.5, 0.6) is 0 Å². The predicted octanol–water partition coefficient (Wildman–Crippen LogP) is 0.190. The number of carbonyl (C=O) groups is 2. The first-order chi connectivity index (χ1) is 9.00. The van der Waals surface area contributed by atoms with Crippen LogP contribution in [0.4, 0.5) is 0 Å². The Hall–Kier alpha value is -0.883. The smallest absolute Gasteiger partial charge is 0.309 e. The molecule has 0 spiro atoms. The number of rotatable bonds is 8. The van der Waals surface area contributed by atoms with Gasteiger partial charge < -0.3 is 10.6 Å². The summed E-state index contributed by atoms with van der Waals surface area (Å²) in [7, 11) is -0.548. The Morgan fingerprint density at radius 1 is 1.16 bits per heavy atom. The highest BCUT2D eigenvalue weighted by atomic mass is 28.3. The molecule has 0 aromatic carbocycles. The van der Waals surface area contributed by atoms with E-state index in [-0.39, 0.29) is 0 Å². The van der Waals surface area contributed by atoms with Crippen LogP contribution in [0.25, 0.3) is 0 Å². The highest BCUT2D eigenvalue weighted by Gasteiger charge is 2.23. The van der Waals surface area contributed by atoms with E-state index in [1.165, 1.54) is 6.04 Å². The lowest BCUT2D eigenvalue weighted by molar-refractivity contribution is -0.139. The van der Waals surface area contributed by atoms with Gasteiger partial charge in [-0.2, -0.15) is 0 Å². The fourth-order valence-electron chi connectivity index (χ4n) is 1.95. The number of amides is 2. The average Bonchev–Trinajstić information content (AvgIpc) is 3.17. The molecule has 0 radical (unpaired) electrons. The van der Waals surface area contributed by atoms with Gasteiger partial charge >= 0.3 is 11.8 Å². The fraction of sp³-hybridized carbons (Fsp3) is 0.846. The minimum absolute atomic E-state index is 0.496. The van der Waals surface area contributed by atoms with Crippen LogP contribution in [0.15, 0.2) is 0 Å². The van der Waals surface area contributed by atoms with Crippen LogP contribution >= 0.6 is 0 Å². The zero-order chi connectivity index (χ0) is 14.3. The number of hydrogen-bond acceptors (Lipinski definition) is 3. The first-order valence-corrected chi connectivity index (χ1v) is 10.4. The van der Waals surface area contributed by atoms with Crippen LogP contribution < -0.4 is 10.6 Å². The molecule has 0 aromatic rings. The number of nitrogens with zero attached hydrogens (tertiary/aromatic N) is 1. The average molecular weight is 285 g/mol. The van der Waals surface area contributed by atoms with Crippen molar-refractivity contribution in [2.75, 3.05) is 26.2 Å². The van der Waals surface area contributed by atoms with Gasteiger partial charge in [-0.1, -0.05) is 19.1 Å². The summed E-state index contributed by atoms with van der Waals surface area (Å²) in [6.07, 6.45) is 1.88. The lowest BCUT2D eigenvalue weighted by atomic mass is 10.2. The van der Waals surface area contributed by atoms with E-state index in [0.29, 0.717) is 19.1 Å². The molecule has 1 fully saturated rings. The van der Waals surface area contributed by atoms with Gasteiger partial charge in [-0.15, -0.1) is 0 Å². The van der Waals surface area contributed by atoms with Gasteiger partial charge in [0.25, 0.3) is 0 Å². The number of nitrogens with one attached hydrogen (secondary N) is 2. The van der Waals surface area contributed by atoms with Gasteiger partial charge in [0, 0.05) is 41.0 Å². The molecule has 5 nitrogen and oxygen atoms in total. The van der Waals surface area contributed by atoms with Gasteiger partial charge in [0.2, 0.25) is 0 Å². The van der Waals surface area contributed by atoms with Crippen molar-refractivity contribution in [2.45, 2.75) is 44.9 Å². The molecular formula is C13H27N3O2Si. The quantitative estimate of drug-likeness (QED) is 0.290. The largest absolute Gasteiger partial charge is 0.348 e. The molecule has 1 aliphatic heterocycles. The lowest BCUT2D eigenvalue weighted by Gasteiger charge is -2.12. The summed E-state index contributed by atoms with van der Waals surface area (Å²) in [5, 5.41) is 5.35. The molecule has 110 valence electrons. The second-order valence-corrected chi connectivity index (χ2v) is 9.09. The molecule has 0 aromatic heterocycles. The lowest BCUT2D eigenvalue weighted by Crippen LogP contribution is -2.41. The Kier molecular flexibility index (Phi) is 7.08. The molecule has 2 amide bonds. The summed E-state index contributed by atoms with van der Waals surface area (Å²) >= 11 is 0. The standard InChI is InChI=1S/C13H27N3O2Si/c1-11(16-8-9-16)5-7-15-13(18)12(17)14-6-4-10-19(2)3/h11,19H,4-10H2,1-3H3,(H,14,17)(H,15,18). The van der Waals surface area contributed by atoms with Crippen molar-refractivity contribution in [3.63, 3.8) is 0 Å². The molecule has 0 aliphatic carbocycles. The number of hydrogen-bond donors (Lipinski definition) is 2. The molecule has 1 unspecified atom stereocenters. The Morgan fingerprint density at radius 2 is 1.74 bits per heavy atom. The third kappa shape index (κ3) is 7.32. The Balaban J connectivity index is 2.02. The van der Waals surface area contributed by atoms with E-state index in [1.54, 1.807) is 0 Å². The molecule has 1 rings (SSSR count). The van der Waals surface area contributed by atoms with E-state index in [4.69, 9.17) is 0 Å². The minimum Gasteiger partial charge on any atom is -0.348 e.